The van der Waals surface area contributed by atoms with Crippen LogP contribution in [-0.4, -0.2) is 23.6 Å². The molecule has 0 spiro atoms. The van der Waals surface area contributed by atoms with Gasteiger partial charge in [-0.15, -0.1) is 11.8 Å². The largest absolute Gasteiger partial charge is 0.493 e. The van der Waals surface area contributed by atoms with Gasteiger partial charge in [0.25, 0.3) is 0 Å². The van der Waals surface area contributed by atoms with Gasteiger partial charge in [-0.25, -0.2) is 0 Å². The van der Waals surface area contributed by atoms with Gasteiger partial charge in [0.05, 0.1) is 17.7 Å². The summed E-state index contributed by atoms with van der Waals surface area (Å²) >= 11 is 7.73. The molecule has 1 N–H and O–H groups in total. The fourth-order valence-electron chi connectivity index (χ4n) is 2.47. The van der Waals surface area contributed by atoms with Gasteiger partial charge in [0.2, 0.25) is 0 Å². The van der Waals surface area contributed by atoms with E-state index in [-0.39, 0.29) is 5.92 Å². The Balaban J connectivity index is 1.60. The van der Waals surface area contributed by atoms with Gasteiger partial charge in [-0.05, 0) is 30.2 Å². The van der Waals surface area contributed by atoms with Crippen molar-refractivity contribution in [2.24, 2.45) is 5.92 Å². The first-order valence-corrected chi connectivity index (χ1v) is 8.36. The lowest BCUT2D eigenvalue weighted by Crippen LogP contribution is -2.33. The highest BCUT2D eigenvalue weighted by Gasteiger charge is 2.26. The molecule has 1 heterocycles. The maximum absolute atomic E-state index is 10.4. The molecule has 1 aliphatic heterocycles. The fraction of sp³-hybridized carbons (Fsp3) is 0.294. The first-order valence-electron chi connectivity index (χ1n) is 7.00. The van der Waals surface area contributed by atoms with Crippen LogP contribution in [0, 0.1) is 5.92 Å². The molecule has 4 heteroatoms. The van der Waals surface area contributed by atoms with Crippen molar-refractivity contribution >= 4 is 23.4 Å². The predicted octanol–water partition coefficient (Wildman–Crippen LogP) is 4.04. The number of rotatable bonds is 4. The minimum absolute atomic E-state index is 0.134. The van der Waals surface area contributed by atoms with Gasteiger partial charge in [-0.3, -0.25) is 0 Å². The molecular weight excluding hydrogens is 304 g/mol. The van der Waals surface area contributed by atoms with E-state index >= 15 is 0 Å². The molecule has 2 atom stereocenters. The van der Waals surface area contributed by atoms with Crippen molar-refractivity contribution in [3.05, 3.63) is 59.1 Å². The van der Waals surface area contributed by atoms with E-state index in [2.05, 4.69) is 6.07 Å². The summed E-state index contributed by atoms with van der Waals surface area (Å²) in [6.07, 6.45) is 0.458. The Labute approximate surface area is 134 Å². The van der Waals surface area contributed by atoms with Crippen LogP contribution in [0.1, 0.15) is 5.56 Å². The van der Waals surface area contributed by atoms with Crippen molar-refractivity contribution in [3.8, 4) is 5.75 Å². The molecule has 2 aromatic rings. The van der Waals surface area contributed by atoms with Crippen molar-refractivity contribution < 1.29 is 9.84 Å². The molecule has 0 aliphatic carbocycles. The van der Waals surface area contributed by atoms with Crippen LogP contribution in [0.2, 0.25) is 5.02 Å². The number of hydrogen-bond acceptors (Lipinski definition) is 3. The average molecular weight is 321 g/mol. The molecule has 21 heavy (non-hydrogen) atoms. The molecule has 0 saturated heterocycles. The van der Waals surface area contributed by atoms with Gasteiger partial charge < -0.3 is 9.84 Å². The molecule has 2 unspecified atom stereocenters. The number of thioether (sulfide) groups is 1. The Kier molecular flexibility index (Phi) is 4.73. The molecule has 2 aromatic carbocycles. The van der Waals surface area contributed by atoms with Crippen LogP contribution in [0.5, 0.6) is 5.75 Å². The first-order chi connectivity index (χ1) is 10.2. The van der Waals surface area contributed by atoms with Crippen LogP contribution < -0.4 is 4.74 Å². The van der Waals surface area contributed by atoms with Crippen molar-refractivity contribution in [3.63, 3.8) is 0 Å². The van der Waals surface area contributed by atoms with Crippen LogP contribution >= 0.6 is 23.4 Å². The predicted molar refractivity (Wildman–Crippen MR) is 87.3 cm³/mol. The van der Waals surface area contributed by atoms with Gasteiger partial charge in [0.1, 0.15) is 5.75 Å². The van der Waals surface area contributed by atoms with E-state index in [0.29, 0.717) is 12.4 Å². The van der Waals surface area contributed by atoms with Crippen LogP contribution in [0.15, 0.2) is 53.4 Å². The number of para-hydroxylation sites is 1. The monoisotopic (exact) mass is 320 g/mol. The zero-order chi connectivity index (χ0) is 14.7. The molecule has 0 aromatic heterocycles. The number of hydrogen-bond donors (Lipinski definition) is 1. The minimum Gasteiger partial charge on any atom is -0.493 e. The Morgan fingerprint density at radius 3 is 2.81 bits per heavy atom. The van der Waals surface area contributed by atoms with E-state index in [1.165, 1.54) is 5.56 Å². The topological polar surface area (TPSA) is 29.5 Å². The van der Waals surface area contributed by atoms with Crippen molar-refractivity contribution in [1.29, 1.82) is 0 Å². The number of halogens is 1. The van der Waals surface area contributed by atoms with E-state index in [0.717, 1.165) is 22.1 Å². The molecule has 110 valence electrons. The molecule has 1 aliphatic rings. The molecule has 3 rings (SSSR count). The maximum atomic E-state index is 10.4. The van der Waals surface area contributed by atoms with Crippen LogP contribution in [-0.2, 0) is 6.42 Å². The van der Waals surface area contributed by atoms with Crippen molar-refractivity contribution in [2.45, 2.75) is 17.4 Å². The zero-order valence-electron chi connectivity index (χ0n) is 11.5. The Hall–Kier alpha value is -1.16. The van der Waals surface area contributed by atoms with Crippen LogP contribution in [0.25, 0.3) is 0 Å². The molecule has 0 bridgehead atoms. The Morgan fingerprint density at radius 2 is 1.95 bits per heavy atom. The summed E-state index contributed by atoms with van der Waals surface area (Å²) in [5.74, 6) is 1.70. The summed E-state index contributed by atoms with van der Waals surface area (Å²) in [5, 5.41) is 11.1. The van der Waals surface area contributed by atoms with Crippen molar-refractivity contribution in [2.75, 3.05) is 12.4 Å². The Bertz CT molecular complexity index is 617. The van der Waals surface area contributed by atoms with E-state index in [1.807, 2.05) is 42.5 Å². The molecule has 0 fully saturated rings. The highest BCUT2D eigenvalue weighted by atomic mass is 35.5. The number of aliphatic hydroxyl groups is 1. The molecular formula is C17H17ClO2S. The summed E-state index contributed by atoms with van der Waals surface area (Å²) in [6, 6.07) is 15.8. The Morgan fingerprint density at radius 1 is 1.19 bits per heavy atom. The first kappa shape index (κ1) is 14.8. The van der Waals surface area contributed by atoms with Crippen molar-refractivity contribution in [1.82, 2.24) is 0 Å². The van der Waals surface area contributed by atoms with E-state index < -0.39 is 6.10 Å². The lowest BCUT2D eigenvalue weighted by Gasteiger charge is -2.28. The third kappa shape index (κ3) is 3.54. The highest BCUT2D eigenvalue weighted by Crippen LogP contribution is 2.32. The van der Waals surface area contributed by atoms with Gasteiger partial charge in [0, 0.05) is 16.6 Å². The van der Waals surface area contributed by atoms with Crippen LogP contribution in [0.4, 0.5) is 0 Å². The fourth-order valence-corrected chi connectivity index (χ4v) is 3.77. The van der Waals surface area contributed by atoms with Gasteiger partial charge in [-0.2, -0.15) is 0 Å². The second kappa shape index (κ2) is 6.73. The average Bonchev–Trinajstić information content (AvgIpc) is 2.53. The molecule has 0 saturated carbocycles. The zero-order valence-corrected chi connectivity index (χ0v) is 13.1. The number of ether oxygens (including phenoxy) is 1. The smallest absolute Gasteiger partial charge is 0.122 e. The van der Waals surface area contributed by atoms with Gasteiger partial charge in [-0.1, -0.05) is 41.9 Å². The number of fused-ring (bicyclic) bond motifs is 1. The van der Waals surface area contributed by atoms with Crippen LogP contribution in [0.3, 0.4) is 0 Å². The van der Waals surface area contributed by atoms with E-state index in [9.17, 15) is 5.11 Å². The van der Waals surface area contributed by atoms with E-state index in [4.69, 9.17) is 16.3 Å². The third-order valence-corrected chi connectivity index (χ3v) is 5.31. The van der Waals surface area contributed by atoms with E-state index in [1.54, 1.807) is 11.8 Å². The second-order valence-corrected chi connectivity index (χ2v) is 6.66. The molecule has 0 amide bonds. The SMILES string of the molecule is OC(CSc1ccccc1Cl)C1COc2ccccc2C1. The lowest BCUT2D eigenvalue weighted by molar-refractivity contribution is 0.0817. The summed E-state index contributed by atoms with van der Waals surface area (Å²) in [5.41, 5.74) is 1.18. The lowest BCUT2D eigenvalue weighted by atomic mass is 9.93. The second-order valence-electron chi connectivity index (χ2n) is 5.19. The number of aliphatic hydroxyl groups excluding tert-OH is 1. The summed E-state index contributed by atoms with van der Waals surface area (Å²) in [4.78, 5) is 1.01. The summed E-state index contributed by atoms with van der Waals surface area (Å²) in [6.45, 7) is 0.571. The quantitative estimate of drug-likeness (QED) is 0.862. The standard InChI is InChI=1S/C17H17ClO2S/c18-14-6-2-4-8-17(14)21-11-15(19)13-9-12-5-1-3-7-16(12)20-10-13/h1-8,13,15,19H,9-11H2. The minimum atomic E-state index is -0.403. The normalized spacial score (nSPS) is 18.7. The maximum Gasteiger partial charge on any atom is 0.122 e. The summed E-state index contributed by atoms with van der Waals surface area (Å²) in [7, 11) is 0. The van der Waals surface area contributed by atoms with Gasteiger partial charge in [0.15, 0.2) is 0 Å². The summed E-state index contributed by atoms with van der Waals surface area (Å²) < 4.78 is 5.74. The number of benzene rings is 2. The molecule has 0 radical (unpaired) electrons. The molecule has 2 nitrogen and oxygen atoms in total. The highest BCUT2D eigenvalue weighted by molar-refractivity contribution is 7.99. The third-order valence-electron chi connectivity index (χ3n) is 3.70. The van der Waals surface area contributed by atoms with Gasteiger partial charge >= 0.3 is 0 Å².